The highest BCUT2D eigenvalue weighted by molar-refractivity contribution is 5.91. The third-order valence-electron chi connectivity index (χ3n) is 4.58. The smallest absolute Gasteiger partial charge is 0.263 e. The van der Waals surface area contributed by atoms with Crippen LogP contribution in [0, 0.1) is 5.92 Å². The number of aliphatic hydroxyl groups excluding tert-OH is 1. The van der Waals surface area contributed by atoms with E-state index in [1.54, 1.807) is 18.5 Å². The van der Waals surface area contributed by atoms with Crippen molar-refractivity contribution in [3.63, 3.8) is 0 Å². The number of aromatic amines is 1. The lowest BCUT2D eigenvalue weighted by molar-refractivity contribution is -0.118. The van der Waals surface area contributed by atoms with E-state index < -0.39 is 6.23 Å². The summed E-state index contributed by atoms with van der Waals surface area (Å²) in [5.74, 6) is -0.418. The largest absolute Gasteiger partial charge is 0.394 e. The number of carbonyl (C=O) groups excluding carboxylic acids is 1. The fraction of sp³-hybridized carbons (Fsp3) is 0.647. The second kappa shape index (κ2) is 8.15. The van der Waals surface area contributed by atoms with Gasteiger partial charge in [0.1, 0.15) is 5.39 Å². The van der Waals surface area contributed by atoms with E-state index in [9.17, 15) is 14.7 Å². The molecule has 0 bridgehead atoms. The molecule has 1 aliphatic rings. The highest BCUT2D eigenvalue weighted by Gasteiger charge is 2.30. The first-order chi connectivity index (χ1) is 12.9. The molecule has 0 spiro atoms. The molecular formula is C17H26N6O4. The summed E-state index contributed by atoms with van der Waals surface area (Å²) in [6.45, 7) is 3.92. The lowest BCUT2D eigenvalue weighted by atomic mass is 10.2. The van der Waals surface area contributed by atoms with Gasteiger partial charge >= 0.3 is 0 Å². The van der Waals surface area contributed by atoms with E-state index in [-0.39, 0.29) is 36.0 Å². The Morgan fingerprint density at radius 2 is 2.26 bits per heavy atom. The zero-order chi connectivity index (χ0) is 19.6. The van der Waals surface area contributed by atoms with Crippen LogP contribution in [0.2, 0.25) is 0 Å². The van der Waals surface area contributed by atoms with Gasteiger partial charge in [0.25, 0.3) is 5.56 Å². The number of aliphatic hydroxyl groups is 1. The number of carbonyl (C=O) groups is 1. The van der Waals surface area contributed by atoms with Crippen LogP contribution in [-0.4, -0.2) is 50.0 Å². The Morgan fingerprint density at radius 1 is 1.48 bits per heavy atom. The predicted molar refractivity (Wildman–Crippen MR) is 99.2 cm³/mol. The third-order valence-corrected chi connectivity index (χ3v) is 4.58. The van der Waals surface area contributed by atoms with Gasteiger partial charge in [-0.1, -0.05) is 13.8 Å². The van der Waals surface area contributed by atoms with Crippen molar-refractivity contribution in [2.75, 3.05) is 18.5 Å². The van der Waals surface area contributed by atoms with E-state index in [1.165, 1.54) is 0 Å². The first kappa shape index (κ1) is 19.5. The molecular weight excluding hydrogens is 352 g/mol. The monoisotopic (exact) mass is 378 g/mol. The molecule has 5 N–H and O–H groups in total. The number of hydrogen-bond donors (Lipinski definition) is 4. The number of ether oxygens (including phenoxy) is 1. The molecule has 1 aliphatic heterocycles. The molecule has 2 atom stereocenters. The molecule has 1 amide bonds. The van der Waals surface area contributed by atoms with Crippen LogP contribution in [-0.2, 0) is 16.0 Å². The van der Waals surface area contributed by atoms with Gasteiger partial charge in [0.15, 0.2) is 11.9 Å². The number of aryl methyl sites for hydroxylation is 1. The Morgan fingerprint density at radius 3 is 2.89 bits per heavy atom. The van der Waals surface area contributed by atoms with E-state index >= 15 is 0 Å². The molecule has 1 fully saturated rings. The van der Waals surface area contributed by atoms with E-state index in [0.29, 0.717) is 49.0 Å². The number of aromatic nitrogens is 4. The summed E-state index contributed by atoms with van der Waals surface area (Å²) in [5, 5.41) is 16.9. The number of hydrogen-bond acceptors (Lipinski definition) is 7. The van der Waals surface area contributed by atoms with Crippen LogP contribution in [0.3, 0.4) is 0 Å². The SMILES string of the molecule is CC(C)C(=O)Nc1nc2c(c(CCCN)nn2[C@H]2CC[C@@H](CO)O2)c(=O)[nH]1. The number of nitrogens with one attached hydrogen (secondary N) is 2. The molecule has 0 radical (unpaired) electrons. The van der Waals surface area contributed by atoms with Crippen molar-refractivity contribution in [1.82, 2.24) is 19.7 Å². The fourth-order valence-corrected chi connectivity index (χ4v) is 3.08. The van der Waals surface area contributed by atoms with Gasteiger partial charge in [0, 0.05) is 5.92 Å². The summed E-state index contributed by atoms with van der Waals surface area (Å²) < 4.78 is 7.39. The molecule has 10 nitrogen and oxygen atoms in total. The maximum absolute atomic E-state index is 12.7. The quantitative estimate of drug-likeness (QED) is 0.540. The molecule has 0 aromatic carbocycles. The summed E-state index contributed by atoms with van der Waals surface area (Å²) >= 11 is 0. The third kappa shape index (κ3) is 4.02. The Balaban J connectivity index is 2.05. The molecule has 2 aromatic rings. The van der Waals surface area contributed by atoms with Gasteiger partial charge in [-0.15, -0.1) is 0 Å². The Hall–Kier alpha value is -2.30. The molecule has 0 saturated carbocycles. The van der Waals surface area contributed by atoms with Crippen LogP contribution in [0.4, 0.5) is 5.95 Å². The van der Waals surface area contributed by atoms with Crippen LogP contribution < -0.4 is 16.6 Å². The molecule has 3 rings (SSSR count). The topological polar surface area (TPSA) is 148 Å². The second-order valence-electron chi connectivity index (χ2n) is 7.01. The number of nitrogens with zero attached hydrogens (tertiary/aromatic N) is 3. The van der Waals surface area contributed by atoms with E-state index in [4.69, 9.17) is 10.5 Å². The first-order valence-electron chi connectivity index (χ1n) is 9.23. The summed E-state index contributed by atoms with van der Waals surface area (Å²) in [6, 6.07) is 0. The van der Waals surface area contributed by atoms with Gasteiger partial charge in [-0.2, -0.15) is 10.1 Å². The van der Waals surface area contributed by atoms with Crippen LogP contribution in [0.1, 0.15) is 45.0 Å². The lowest BCUT2D eigenvalue weighted by Crippen LogP contribution is -2.22. The average molecular weight is 378 g/mol. The van der Waals surface area contributed by atoms with Crippen LogP contribution >= 0.6 is 0 Å². The van der Waals surface area contributed by atoms with Crippen LogP contribution in [0.15, 0.2) is 4.79 Å². The van der Waals surface area contributed by atoms with Gasteiger partial charge < -0.3 is 15.6 Å². The van der Waals surface area contributed by atoms with Gasteiger partial charge in [-0.25, -0.2) is 4.68 Å². The molecule has 2 aromatic heterocycles. The minimum atomic E-state index is -0.417. The standard InChI is InChI=1S/C17H26N6O4/c1-9(2)15(25)20-17-19-14-13(16(26)21-17)11(4-3-7-18)22-23(14)12-6-5-10(8-24)27-12/h9-10,12,24H,3-8,18H2,1-2H3,(H2,19,20,21,25,26)/t10-,12+/m0/s1. The van der Waals surface area contributed by atoms with Gasteiger partial charge in [0.2, 0.25) is 11.9 Å². The van der Waals surface area contributed by atoms with Crippen molar-refractivity contribution in [2.45, 2.75) is 51.9 Å². The Kier molecular flexibility index (Phi) is 5.88. The fourth-order valence-electron chi connectivity index (χ4n) is 3.08. The number of anilines is 1. The molecule has 1 saturated heterocycles. The average Bonchev–Trinajstić information content (AvgIpc) is 3.24. The Labute approximate surface area is 156 Å². The number of fused-ring (bicyclic) bond motifs is 1. The maximum Gasteiger partial charge on any atom is 0.263 e. The minimum Gasteiger partial charge on any atom is -0.394 e. The summed E-state index contributed by atoms with van der Waals surface area (Å²) in [5.41, 5.74) is 6.18. The van der Waals surface area contributed by atoms with E-state index in [0.717, 1.165) is 0 Å². The Bertz CT molecular complexity index is 874. The molecule has 148 valence electrons. The van der Waals surface area contributed by atoms with E-state index in [1.807, 2.05) is 0 Å². The molecule has 0 unspecified atom stereocenters. The number of amides is 1. The van der Waals surface area contributed by atoms with Crippen molar-refractivity contribution in [2.24, 2.45) is 11.7 Å². The molecule has 27 heavy (non-hydrogen) atoms. The number of rotatable bonds is 7. The minimum absolute atomic E-state index is 0.0700. The van der Waals surface area contributed by atoms with Crippen molar-refractivity contribution in [3.8, 4) is 0 Å². The molecule has 3 heterocycles. The predicted octanol–water partition coefficient (Wildman–Crippen LogP) is 0.275. The summed E-state index contributed by atoms with van der Waals surface area (Å²) in [6.07, 6.45) is 1.89. The van der Waals surface area contributed by atoms with Crippen LogP contribution in [0.5, 0.6) is 0 Å². The van der Waals surface area contributed by atoms with Crippen molar-refractivity contribution < 1.29 is 14.6 Å². The zero-order valence-electron chi connectivity index (χ0n) is 15.6. The van der Waals surface area contributed by atoms with Crippen molar-refractivity contribution in [1.29, 1.82) is 0 Å². The van der Waals surface area contributed by atoms with Gasteiger partial charge in [-0.05, 0) is 32.2 Å². The molecule has 10 heteroatoms. The second-order valence-corrected chi connectivity index (χ2v) is 7.01. The number of nitrogens with two attached hydrogens (primary N) is 1. The van der Waals surface area contributed by atoms with Gasteiger partial charge in [0.05, 0.1) is 18.4 Å². The highest BCUT2D eigenvalue weighted by Crippen LogP contribution is 2.30. The summed E-state index contributed by atoms with van der Waals surface area (Å²) in [4.78, 5) is 31.7. The normalized spacial score (nSPS) is 19.9. The first-order valence-corrected chi connectivity index (χ1v) is 9.23. The van der Waals surface area contributed by atoms with Crippen molar-refractivity contribution >= 4 is 22.9 Å². The zero-order valence-corrected chi connectivity index (χ0v) is 15.6. The van der Waals surface area contributed by atoms with Gasteiger partial charge in [-0.3, -0.25) is 19.9 Å². The maximum atomic E-state index is 12.7. The van der Waals surface area contributed by atoms with E-state index in [2.05, 4.69) is 20.4 Å². The highest BCUT2D eigenvalue weighted by atomic mass is 16.5. The molecule has 0 aliphatic carbocycles. The lowest BCUT2D eigenvalue weighted by Gasteiger charge is -2.13. The number of H-pyrrole nitrogens is 1. The van der Waals surface area contributed by atoms with Crippen molar-refractivity contribution in [3.05, 3.63) is 16.0 Å². The summed E-state index contributed by atoms with van der Waals surface area (Å²) in [7, 11) is 0. The van der Waals surface area contributed by atoms with Crippen LogP contribution in [0.25, 0.3) is 11.0 Å².